The standard InChI is InChI=1S/C17H22ClN3O2/c1-21(2)11-5-3-4-10-19-17(22)15-12-16(23-20-15)13-6-8-14(18)9-7-13/h6-9,12H,3-5,10-11H2,1-2H3,(H,19,22). The molecule has 0 radical (unpaired) electrons. The number of aromatic nitrogens is 1. The molecule has 1 aromatic carbocycles. The van der Waals surface area contributed by atoms with Crippen molar-refractivity contribution >= 4 is 17.5 Å². The summed E-state index contributed by atoms with van der Waals surface area (Å²) in [5.74, 6) is 0.347. The average Bonchev–Trinajstić information content (AvgIpc) is 3.01. The van der Waals surface area contributed by atoms with Crippen molar-refractivity contribution in [2.24, 2.45) is 0 Å². The highest BCUT2D eigenvalue weighted by Gasteiger charge is 2.13. The molecular weight excluding hydrogens is 314 g/mol. The van der Waals surface area contributed by atoms with Gasteiger partial charge in [0.05, 0.1) is 0 Å². The van der Waals surface area contributed by atoms with E-state index in [1.54, 1.807) is 18.2 Å². The van der Waals surface area contributed by atoms with Gasteiger partial charge in [0.25, 0.3) is 5.91 Å². The molecule has 124 valence electrons. The molecule has 5 nitrogen and oxygen atoms in total. The SMILES string of the molecule is CN(C)CCCCCNC(=O)c1cc(-c2ccc(Cl)cc2)on1. The molecule has 6 heteroatoms. The number of carbonyl (C=O) groups excluding carboxylic acids is 1. The lowest BCUT2D eigenvalue weighted by atomic mass is 10.1. The molecule has 2 rings (SSSR count). The van der Waals surface area contributed by atoms with Gasteiger partial charge in [0.1, 0.15) is 0 Å². The highest BCUT2D eigenvalue weighted by atomic mass is 35.5. The Bertz CT molecular complexity index is 623. The third-order valence-corrected chi connectivity index (χ3v) is 3.69. The highest BCUT2D eigenvalue weighted by Crippen LogP contribution is 2.22. The first-order valence-corrected chi connectivity index (χ1v) is 8.09. The molecule has 0 fully saturated rings. The Morgan fingerprint density at radius 1 is 1.22 bits per heavy atom. The van der Waals surface area contributed by atoms with Crippen molar-refractivity contribution in [3.8, 4) is 11.3 Å². The lowest BCUT2D eigenvalue weighted by Gasteiger charge is -2.08. The molecule has 1 aromatic heterocycles. The summed E-state index contributed by atoms with van der Waals surface area (Å²) in [6.45, 7) is 1.72. The van der Waals surface area contributed by atoms with Gasteiger partial charge in [0, 0.05) is 23.2 Å². The number of unbranched alkanes of at least 4 members (excludes halogenated alkanes) is 2. The van der Waals surface area contributed by atoms with E-state index in [9.17, 15) is 4.79 Å². The Morgan fingerprint density at radius 3 is 2.65 bits per heavy atom. The highest BCUT2D eigenvalue weighted by molar-refractivity contribution is 6.30. The summed E-state index contributed by atoms with van der Waals surface area (Å²) in [5, 5.41) is 7.34. The Hall–Kier alpha value is -1.85. The van der Waals surface area contributed by atoms with Crippen molar-refractivity contribution in [2.45, 2.75) is 19.3 Å². The third kappa shape index (κ3) is 5.69. The van der Waals surface area contributed by atoms with Crippen molar-refractivity contribution in [3.63, 3.8) is 0 Å². The van der Waals surface area contributed by atoms with Crippen molar-refractivity contribution in [1.82, 2.24) is 15.4 Å². The topological polar surface area (TPSA) is 58.4 Å². The first-order chi connectivity index (χ1) is 11.1. The number of rotatable bonds is 8. The monoisotopic (exact) mass is 335 g/mol. The molecule has 0 aliphatic heterocycles. The predicted molar refractivity (Wildman–Crippen MR) is 91.7 cm³/mol. The second-order valence-corrected chi connectivity index (χ2v) is 6.14. The molecule has 0 saturated carbocycles. The maximum atomic E-state index is 12.0. The fraction of sp³-hybridized carbons (Fsp3) is 0.412. The predicted octanol–water partition coefficient (Wildman–Crippen LogP) is 3.46. The summed E-state index contributed by atoms with van der Waals surface area (Å²) in [6.07, 6.45) is 3.18. The normalized spacial score (nSPS) is 11.0. The maximum Gasteiger partial charge on any atom is 0.273 e. The van der Waals surface area contributed by atoms with Crippen LogP contribution >= 0.6 is 11.6 Å². The Kier molecular flexibility index (Phi) is 6.62. The van der Waals surface area contributed by atoms with E-state index in [4.69, 9.17) is 16.1 Å². The quantitative estimate of drug-likeness (QED) is 0.751. The molecule has 0 aliphatic rings. The fourth-order valence-corrected chi connectivity index (χ4v) is 2.28. The summed E-state index contributed by atoms with van der Waals surface area (Å²) in [7, 11) is 4.12. The summed E-state index contributed by atoms with van der Waals surface area (Å²) >= 11 is 5.85. The Balaban J connectivity index is 1.78. The molecule has 0 aliphatic carbocycles. The first-order valence-electron chi connectivity index (χ1n) is 7.72. The number of nitrogens with one attached hydrogen (secondary N) is 1. The maximum absolute atomic E-state index is 12.0. The van der Waals surface area contributed by atoms with Gasteiger partial charge in [0.15, 0.2) is 11.5 Å². The number of carbonyl (C=O) groups is 1. The van der Waals surface area contributed by atoms with E-state index in [0.717, 1.165) is 31.4 Å². The number of nitrogens with zero attached hydrogens (tertiary/aromatic N) is 2. The van der Waals surface area contributed by atoms with Crippen LogP contribution in [-0.2, 0) is 0 Å². The molecule has 1 amide bonds. The van der Waals surface area contributed by atoms with Crippen molar-refractivity contribution in [1.29, 1.82) is 0 Å². The molecule has 0 bridgehead atoms. The molecule has 0 spiro atoms. The van der Waals surface area contributed by atoms with Crippen LogP contribution in [0.25, 0.3) is 11.3 Å². The third-order valence-electron chi connectivity index (χ3n) is 3.44. The molecule has 23 heavy (non-hydrogen) atoms. The van der Waals surface area contributed by atoms with E-state index in [0.29, 0.717) is 23.0 Å². The summed E-state index contributed by atoms with van der Waals surface area (Å²) < 4.78 is 5.22. The summed E-state index contributed by atoms with van der Waals surface area (Å²) in [5.41, 5.74) is 1.13. The van der Waals surface area contributed by atoms with Crippen LogP contribution in [0.5, 0.6) is 0 Å². The van der Waals surface area contributed by atoms with E-state index >= 15 is 0 Å². The largest absolute Gasteiger partial charge is 0.355 e. The van der Waals surface area contributed by atoms with Crippen LogP contribution in [-0.4, -0.2) is 43.1 Å². The fourth-order valence-electron chi connectivity index (χ4n) is 2.15. The van der Waals surface area contributed by atoms with Gasteiger partial charge >= 0.3 is 0 Å². The van der Waals surface area contributed by atoms with Crippen LogP contribution in [0.1, 0.15) is 29.8 Å². The minimum atomic E-state index is -0.207. The summed E-state index contributed by atoms with van der Waals surface area (Å²) in [4.78, 5) is 14.2. The number of amides is 1. The van der Waals surface area contributed by atoms with Crippen LogP contribution in [0.2, 0.25) is 5.02 Å². The molecule has 0 saturated heterocycles. The van der Waals surface area contributed by atoms with Crippen LogP contribution in [0, 0.1) is 0 Å². The minimum absolute atomic E-state index is 0.207. The first kappa shape index (κ1) is 17.5. The van der Waals surface area contributed by atoms with E-state index in [1.807, 2.05) is 12.1 Å². The summed E-state index contributed by atoms with van der Waals surface area (Å²) in [6, 6.07) is 8.84. The van der Waals surface area contributed by atoms with E-state index in [1.165, 1.54) is 0 Å². The van der Waals surface area contributed by atoms with Crippen molar-refractivity contribution < 1.29 is 9.32 Å². The van der Waals surface area contributed by atoms with Crippen LogP contribution < -0.4 is 5.32 Å². The molecule has 2 aromatic rings. The average molecular weight is 336 g/mol. The van der Waals surface area contributed by atoms with Crippen LogP contribution in [0.3, 0.4) is 0 Å². The molecule has 0 unspecified atom stereocenters. The van der Waals surface area contributed by atoms with Crippen LogP contribution in [0.4, 0.5) is 0 Å². The number of hydrogen-bond donors (Lipinski definition) is 1. The zero-order chi connectivity index (χ0) is 16.7. The molecular formula is C17H22ClN3O2. The lowest BCUT2D eigenvalue weighted by molar-refractivity contribution is 0.0944. The van der Waals surface area contributed by atoms with Gasteiger partial charge < -0.3 is 14.7 Å². The second-order valence-electron chi connectivity index (χ2n) is 5.70. The van der Waals surface area contributed by atoms with Gasteiger partial charge in [-0.15, -0.1) is 0 Å². The number of halogens is 1. The van der Waals surface area contributed by atoms with Gasteiger partial charge in [0.2, 0.25) is 0 Å². The van der Waals surface area contributed by atoms with Crippen molar-refractivity contribution in [3.05, 3.63) is 41.0 Å². The van der Waals surface area contributed by atoms with Crippen LogP contribution in [0.15, 0.2) is 34.9 Å². The van der Waals surface area contributed by atoms with Gasteiger partial charge in [-0.3, -0.25) is 4.79 Å². The van der Waals surface area contributed by atoms with Gasteiger partial charge in [-0.2, -0.15) is 0 Å². The van der Waals surface area contributed by atoms with Gasteiger partial charge in [-0.05, 0) is 57.7 Å². The zero-order valence-electron chi connectivity index (χ0n) is 13.5. The Morgan fingerprint density at radius 2 is 1.96 bits per heavy atom. The van der Waals surface area contributed by atoms with Crippen molar-refractivity contribution in [2.75, 3.05) is 27.2 Å². The van der Waals surface area contributed by atoms with E-state index in [2.05, 4.69) is 29.5 Å². The smallest absolute Gasteiger partial charge is 0.273 e. The minimum Gasteiger partial charge on any atom is -0.355 e. The number of hydrogen-bond acceptors (Lipinski definition) is 4. The lowest BCUT2D eigenvalue weighted by Crippen LogP contribution is -2.24. The molecule has 1 heterocycles. The van der Waals surface area contributed by atoms with Gasteiger partial charge in [-0.25, -0.2) is 0 Å². The number of benzene rings is 1. The zero-order valence-corrected chi connectivity index (χ0v) is 14.3. The molecule has 1 N–H and O–H groups in total. The second kappa shape index (κ2) is 8.70. The van der Waals surface area contributed by atoms with E-state index < -0.39 is 0 Å². The van der Waals surface area contributed by atoms with E-state index in [-0.39, 0.29) is 5.91 Å². The molecule has 0 atom stereocenters. The van der Waals surface area contributed by atoms with Gasteiger partial charge in [-0.1, -0.05) is 23.2 Å². The Labute approximate surface area is 141 Å².